The van der Waals surface area contributed by atoms with Gasteiger partial charge in [0.1, 0.15) is 0 Å². The molecule has 0 fully saturated rings. The number of carbonyl (C=O) groups is 2. The van der Waals surface area contributed by atoms with Crippen molar-refractivity contribution >= 4 is 33.9 Å². The predicted molar refractivity (Wildman–Crippen MR) is 98.8 cm³/mol. The van der Waals surface area contributed by atoms with E-state index < -0.39 is 0 Å². The Labute approximate surface area is 145 Å². The summed E-state index contributed by atoms with van der Waals surface area (Å²) < 4.78 is 1.98. The number of benzene rings is 2. The monoisotopic (exact) mass is 330 g/mol. The molecule has 0 saturated carbocycles. The van der Waals surface area contributed by atoms with E-state index in [1.54, 1.807) is 0 Å². The van der Waals surface area contributed by atoms with Gasteiger partial charge in [0.15, 0.2) is 0 Å². The number of aryl methyl sites for hydroxylation is 3. The molecular formula is C21H18N2O2. The Morgan fingerprint density at radius 1 is 0.880 bits per heavy atom. The van der Waals surface area contributed by atoms with Crippen LogP contribution in [0.15, 0.2) is 48.7 Å². The number of carbonyl (C=O) groups excluding carboxylic acids is 2. The molecule has 0 saturated heterocycles. The summed E-state index contributed by atoms with van der Waals surface area (Å²) in [6.45, 7) is 3.97. The van der Waals surface area contributed by atoms with E-state index in [1.165, 1.54) is 0 Å². The number of hydrogen-bond donors (Lipinski definition) is 1. The molecule has 1 aliphatic heterocycles. The van der Waals surface area contributed by atoms with Crippen LogP contribution < -0.4 is 5.32 Å². The van der Waals surface area contributed by atoms with Crippen LogP contribution >= 0.6 is 0 Å². The second-order valence-corrected chi connectivity index (χ2v) is 6.52. The number of nitrogens with zero attached hydrogens (tertiary/aromatic N) is 1. The zero-order chi connectivity index (χ0) is 17.7. The van der Waals surface area contributed by atoms with E-state index in [2.05, 4.69) is 5.32 Å². The smallest absolute Gasteiger partial charge is 0.259 e. The summed E-state index contributed by atoms with van der Waals surface area (Å²) in [7, 11) is 1.94. The van der Waals surface area contributed by atoms with Gasteiger partial charge in [-0.3, -0.25) is 14.9 Å². The molecule has 4 nitrogen and oxygen atoms in total. The number of para-hydroxylation sites is 1. The SMILES string of the molecule is Cc1ccc(C2=C(c3cn(C)c4ccccc34)C(=O)NC2=O)c(C)c1. The van der Waals surface area contributed by atoms with E-state index >= 15 is 0 Å². The van der Waals surface area contributed by atoms with E-state index in [0.29, 0.717) is 11.1 Å². The second kappa shape index (κ2) is 5.45. The zero-order valence-corrected chi connectivity index (χ0v) is 14.4. The van der Waals surface area contributed by atoms with Crippen molar-refractivity contribution in [3.8, 4) is 0 Å². The van der Waals surface area contributed by atoms with Crippen molar-refractivity contribution in [1.29, 1.82) is 0 Å². The lowest BCUT2D eigenvalue weighted by Gasteiger charge is -2.08. The van der Waals surface area contributed by atoms with Crippen LogP contribution in [-0.4, -0.2) is 16.4 Å². The van der Waals surface area contributed by atoms with Crippen LogP contribution in [0.5, 0.6) is 0 Å². The predicted octanol–water partition coefficient (Wildman–Crippen LogP) is 3.36. The number of fused-ring (bicyclic) bond motifs is 1. The van der Waals surface area contributed by atoms with Crippen molar-refractivity contribution in [3.05, 3.63) is 70.9 Å². The van der Waals surface area contributed by atoms with Crippen LogP contribution in [0.4, 0.5) is 0 Å². The standard InChI is InChI=1S/C21H18N2O2/c1-12-8-9-14(13(2)10-12)18-19(21(25)22-20(18)24)16-11-23(3)17-7-5-4-6-15(16)17/h4-11H,1-3H3,(H,22,24,25). The first kappa shape index (κ1) is 15.4. The minimum absolute atomic E-state index is 0.333. The minimum Gasteiger partial charge on any atom is -0.350 e. The third kappa shape index (κ3) is 2.30. The first-order chi connectivity index (χ1) is 12.0. The highest BCUT2D eigenvalue weighted by molar-refractivity contribution is 6.50. The summed E-state index contributed by atoms with van der Waals surface area (Å²) in [5, 5.41) is 3.43. The van der Waals surface area contributed by atoms with Crippen LogP contribution in [-0.2, 0) is 16.6 Å². The van der Waals surface area contributed by atoms with Crippen molar-refractivity contribution < 1.29 is 9.59 Å². The molecule has 4 rings (SSSR count). The first-order valence-electron chi connectivity index (χ1n) is 8.19. The fourth-order valence-corrected chi connectivity index (χ4v) is 3.60. The minimum atomic E-state index is -0.337. The molecule has 2 aromatic carbocycles. The molecule has 124 valence electrons. The van der Waals surface area contributed by atoms with E-state index in [4.69, 9.17) is 0 Å². The van der Waals surface area contributed by atoms with Crippen molar-refractivity contribution in [3.63, 3.8) is 0 Å². The Morgan fingerprint density at radius 2 is 1.56 bits per heavy atom. The van der Waals surface area contributed by atoms with Gasteiger partial charge in [-0.1, -0.05) is 42.0 Å². The number of amides is 2. The molecule has 0 spiro atoms. The summed E-state index contributed by atoms with van der Waals surface area (Å²) in [4.78, 5) is 25.2. The van der Waals surface area contributed by atoms with Crippen molar-refractivity contribution in [1.82, 2.24) is 9.88 Å². The molecular weight excluding hydrogens is 312 g/mol. The number of nitrogens with one attached hydrogen (secondary N) is 1. The van der Waals surface area contributed by atoms with Gasteiger partial charge in [-0.05, 0) is 31.0 Å². The van der Waals surface area contributed by atoms with Gasteiger partial charge in [0.05, 0.1) is 11.1 Å². The second-order valence-electron chi connectivity index (χ2n) is 6.52. The Hall–Kier alpha value is -3.14. The summed E-state index contributed by atoms with van der Waals surface area (Å²) >= 11 is 0. The summed E-state index contributed by atoms with van der Waals surface area (Å²) in [6.07, 6.45) is 1.92. The summed E-state index contributed by atoms with van der Waals surface area (Å²) in [5.74, 6) is -0.670. The van der Waals surface area contributed by atoms with Gasteiger partial charge in [-0.2, -0.15) is 0 Å². The average molecular weight is 330 g/mol. The van der Waals surface area contributed by atoms with Gasteiger partial charge in [0, 0.05) is 29.7 Å². The van der Waals surface area contributed by atoms with Crippen molar-refractivity contribution in [2.75, 3.05) is 0 Å². The van der Waals surface area contributed by atoms with Crippen molar-refractivity contribution in [2.24, 2.45) is 7.05 Å². The Bertz CT molecular complexity index is 1090. The molecule has 0 radical (unpaired) electrons. The molecule has 0 bridgehead atoms. The van der Waals surface area contributed by atoms with Gasteiger partial charge in [-0.25, -0.2) is 0 Å². The molecule has 0 aliphatic carbocycles. The molecule has 2 amide bonds. The van der Waals surface area contributed by atoms with Gasteiger partial charge in [0.2, 0.25) is 0 Å². The summed E-state index contributed by atoms with van der Waals surface area (Å²) in [6, 6.07) is 13.8. The summed E-state index contributed by atoms with van der Waals surface area (Å²) in [5.41, 5.74) is 5.63. The van der Waals surface area contributed by atoms with E-state index in [9.17, 15) is 9.59 Å². The van der Waals surface area contributed by atoms with Gasteiger partial charge < -0.3 is 4.57 Å². The molecule has 1 aliphatic rings. The molecule has 4 heteroatoms. The zero-order valence-electron chi connectivity index (χ0n) is 14.4. The maximum absolute atomic E-state index is 12.6. The number of imide groups is 1. The number of hydrogen-bond acceptors (Lipinski definition) is 2. The molecule has 3 aromatic rings. The highest BCUT2D eigenvalue weighted by Gasteiger charge is 2.34. The Kier molecular flexibility index (Phi) is 3.35. The maximum atomic E-state index is 12.6. The number of aromatic nitrogens is 1. The van der Waals surface area contributed by atoms with Crippen LogP contribution in [0, 0.1) is 13.8 Å². The highest BCUT2D eigenvalue weighted by Crippen LogP contribution is 2.36. The Balaban J connectivity index is 2.06. The fraction of sp³-hybridized carbons (Fsp3) is 0.143. The molecule has 0 unspecified atom stereocenters. The molecule has 1 aromatic heterocycles. The lowest BCUT2D eigenvalue weighted by Crippen LogP contribution is -2.22. The fourth-order valence-electron chi connectivity index (χ4n) is 3.60. The molecule has 1 N–H and O–H groups in total. The van der Waals surface area contributed by atoms with Crippen LogP contribution in [0.1, 0.15) is 22.3 Å². The lowest BCUT2D eigenvalue weighted by molar-refractivity contribution is -0.122. The number of rotatable bonds is 2. The van der Waals surface area contributed by atoms with E-state index in [0.717, 1.165) is 33.2 Å². The van der Waals surface area contributed by atoms with Crippen molar-refractivity contribution in [2.45, 2.75) is 13.8 Å². The average Bonchev–Trinajstić information content (AvgIpc) is 3.04. The van der Waals surface area contributed by atoms with E-state index in [-0.39, 0.29) is 11.8 Å². The van der Waals surface area contributed by atoms with E-state index in [1.807, 2.05) is 74.1 Å². The van der Waals surface area contributed by atoms with Crippen LogP contribution in [0.25, 0.3) is 22.0 Å². The lowest BCUT2D eigenvalue weighted by atomic mass is 9.92. The van der Waals surface area contributed by atoms with Gasteiger partial charge in [0.25, 0.3) is 11.8 Å². The molecule has 25 heavy (non-hydrogen) atoms. The third-order valence-corrected chi connectivity index (χ3v) is 4.75. The quantitative estimate of drug-likeness (QED) is 0.733. The van der Waals surface area contributed by atoms with Gasteiger partial charge >= 0.3 is 0 Å². The maximum Gasteiger partial charge on any atom is 0.259 e. The Morgan fingerprint density at radius 3 is 2.28 bits per heavy atom. The van der Waals surface area contributed by atoms with Crippen LogP contribution in [0.2, 0.25) is 0 Å². The first-order valence-corrected chi connectivity index (χ1v) is 8.19. The largest absolute Gasteiger partial charge is 0.350 e. The highest BCUT2D eigenvalue weighted by atomic mass is 16.2. The van der Waals surface area contributed by atoms with Gasteiger partial charge in [-0.15, -0.1) is 0 Å². The topological polar surface area (TPSA) is 51.1 Å². The molecule has 0 atom stereocenters. The molecule has 2 heterocycles. The third-order valence-electron chi connectivity index (χ3n) is 4.75. The normalized spacial score (nSPS) is 14.5. The van der Waals surface area contributed by atoms with Crippen LogP contribution in [0.3, 0.4) is 0 Å².